The highest BCUT2D eigenvalue weighted by Gasteiger charge is 1.95. The minimum Gasteiger partial charge on any atom is -0.392 e. The van der Waals surface area contributed by atoms with E-state index in [1.54, 1.807) is 0 Å². The number of nitrogens with one attached hydrogen (secondary N) is 2. The second-order valence-corrected chi connectivity index (χ2v) is 3.43. The Bertz CT molecular complexity index is 207. The maximum Gasteiger partial charge on any atom is 0.0296 e. The Hall–Kier alpha value is -0.960. The van der Waals surface area contributed by atoms with Crippen molar-refractivity contribution >= 4 is 0 Å². The molecule has 0 atom stereocenters. The van der Waals surface area contributed by atoms with E-state index in [1.165, 1.54) is 11.4 Å². The quantitative estimate of drug-likeness (QED) is 0.626. The second-order valence-electron chi connectivity index (χ2n) is 3.43. The van der Waals surface area contributed by atoms with Crippen LogP contribution in [-0.4, -0.2) is 39.1 Å². The van der Waals surface area contributed by atoms with Crippen molar-refractivity contribution in [2.24, 2.45) is 0 Å². The van der Waals surface area contributed by atoms with E-state index in [9.17, 15) is 0 Å². The van der Waals surface area contributed by atoms with Crippen LogP contribution in [0.25, 0.3) is 0 Å². The summed E-state index contributed by atoms with van der Waals surface area (Å²) in [5.74, 6) is 0. The standard InChI is InChI=1S/C11H23N3/c1-10(13-4)6-7-11(2)14(5)9-8-12-3/h6-7,12-13H,8-9H2,1-5H3/b10-6-,11-7+. The van der Waals surface area contributed by atoms with Gasteiger partial charge in [0, 0.05) is 38.6 Å². The highest BCUT2D eigenvalue weighted by atomic mass is 15.1. The predicted molar refractivity (Wildman–Crippen MR) is 63.1 cm³/mol. The summed E-state index contributed by atoms with van der Waals surface area (Å²) in [6.45, 7) is 6.22. The van der Waals surface area contributed by atoms with Crippen LogP contribution < -0.4 is 10.6 Å². The first-order valence-electron chi connectivity index (χ1n) is 5.00. The molecule has 0 heterocycles. The van der Waals surface area contributed by atoms with Gasteiger partial charge in [-0.1, -0.05) is 0 Å². The highest BCUT2D eigenvalue weighted by molar-refractivity contribution is 5.13. The van der Waals surface area contributed by atoms with Crippen LogP contribution in [-0.2, 0) is 0 Å². The Balaban J connectivity index is 4.09. The molecule has 0 aliphatic carbocycles. The monoisotopic (exact) mass is 197 g/mol. The molecule has 0 aromatic heterocycles. The summed E-state index contributed by atoms with van der Waals surface area (Å²) in [6.07, 6.45) is 4.21. The van der Waals surface area contributed by atoms with Crippen molar-refractivity contribution in [3.8, 4) is 0 Å². The predicted octanol–water partition coefficient (Wildman–Crippen LogP) is 1.16. The third-order valence-electron chi connectivity index (χ3n) is 2.27. The fourth-order valence-electron chi connectivity index (χ4n) is 0.912. The van der Waals surface area contributed by atoms with Gasteiger partial charge in [0.1, 0.15) is 0 Å². The Kier molecular flexibility index (Phi) is 6.93. The van der Waals surface area contributed by atoms with E-state index in [1.807, 2.05) is 14.1 Å². The summed E-state index contributed by atoms with van der Waals surface area (Å²) >= 11 is 0. The van der Waals surface area contributed by atoms with Crippen molar-refractivity contribution in [1.29, 1.82) is 0 Å². The molecule has 0 amide bonds. The Morgan fingerprint density at radius 2 is 1.86 bits per heavy atom. The van der Waals surface area contributed by atoms with Gasteiger partial charge in [0.2, 0.25) is 0 Å². The molecule has 0 saturated heterocycles. The van der Waals surface area contributed by atoms with Gasteiger partial charge in [-0.25, -0.2) is 0 Å². The molecule has 0 aliphatic heterocycles. The Morgan fingerprint density at radius 1 is 1.21 bits per heavy atom. The SMILES string of the molecule is CNCCN(C)/C(C)=C/C=C(/C)NC. The maximum absolute atomic E-state index is 3.13. The molecular formula is C11H23N3. The van der Waals surface area contributed by atoms with Crippen LogP contribution >= 0.6 is 0 Å². The molecule has 3 nitrogen and oxygen atoms in total. The first kappa shape index (κ1) is 13.0. The number of allylic oxidation sites excluding steroid dienone is 4. The average Bonchev–Trinajstić information content (AvgIpc) is 2.21. The van der Waals surface area contributed by atoms with Gasteiger partial charge in [0.25, 0.3) is 0 Å². The maximum atomic E-state index is 3.13. The van der Waals surface area contributed by atoms with Crippen LogP contribution in [0.3, 0.4) is 0 Å². The van der Waals surface area contributed by atoms with Crippen LogP contribution in [0.15, 0.2) is 23.5 Å². The molecule has 2 N–H and O–H groups in total. The van der Waals surface area contributed by atoms with Gasteiger partial charge in [-0.15, -0.1) is 0 Å². The normalized spacial score (nSPS) is 12.9. The minimum absolute atomic E-state index is 1.01. The molecular weight excluding hydrogens is 174 g/mol. The number of hydrogen-bond donors (Lipinski definition) is 2. The molecule has 0 rings (SSSR count). The van der Waals surface area contributed by atoms with Gasteiger partial charge in [0.05, 0.1) is 0 Å². The summed E-state index contributed by atoms with van der Waals surface area (Å²) in [4.78, 5) is 2.23. The third-order valence-corrected chi connectivity index (χ3v) is 2.27. The molecule has 0 aliphatic rings. The largest absolute Gasteiger partial charge is 0.392 e. The van der Waals surface area contributed by atoms with E-state index in [4.69, 9.17) is 0 Å². The molecule has 0 saturated carbocycles. The fourth-order valence-corrected chi connectivity index (χ4v) is 0.912. The van der Waals surface area contributed by atoms with Crippen LogP contribution in [0.5, 0.6) is 0 Å². The molecule has 0 aromatic rings. The van der Waals surface area contributed by atoms with E-state index >= 15 is 0 Å². The van der Waals surface area contributed by atoms with Crippen molar-refractivity contribution in [2.75, 3.05) is 34.2 Å². The van der Waals surface area contributed by atoms with Crippen molar-refractivity contribution < 1.29 is 0 Å². The van der Waals surface area contributed by atoms with Gasteiger partial charge in [-0.05, 0) is 33.0 Å². The van der Waals surface area contributed by atoms with Crippen molar-refractivity contribution in [3.05, 3.63) is 23.5 Å². The molecule has 0 spiro atoms. The first-order valence-corrected chi connectivity index (χ1v) is 5.00. The second kappa shape index (κ2) is 7.44. The fraction of sp³-hybridized carbons (Fsp3) is 0.636. The van der Waals surface area contributed by atoms with Crippen molar-refractivity contribution in [3.63, 3.8) is 0 Å². The van der Waals surface area contributed by atoms with Crippen LogP contribution in [0.4, 0.5) is 0 Å². The molecule has 0 fully saturated rings. The van der Waals surface area contributed by atoms with Crippen molar-refractivity contribution in [1.82, 2.24) is 15.5 Å². The Morgan fingerprint density at radius 3 is 2.36 bits per heavy atom. The van der Waals surface area contributed by atoms with E-state index < -0.39 is 0 Å². The lowest BCUT2D eigenvalue weighted by Gasteiger charge is -2.19. The van der Waals surface area contributed by atoms with Crippen molar-refractivity contribution in [2.45, 2.75) is 13.8 Å². The van der Waals surface area contributed by atoms with Gasteiger partial charge in [-0.2, -0.15) is 0 Å². The lowest BCUT2D eigenvalue weighted by molar-refractivity contribution is 0.416. The number of nitrogens with zero attached hydrogens (tertiary/aromatic N) is 1. The Labute approximate surface area is 87.9 Å². The van der Waals surface area contributed by atoms with Crippen LogP contribution in [0.1, 0.15) is 13.8 Å². The average molecular weight is 197 g/mol. The summed E-state index contributed by atoms with van der Waals surface area (Å²) in [6, 6.07) is 0. The molecule has 3 heteroatoms. The van der Waals surface area contributed by atoms with Gasteiger partial charge < -0.3 is 15.5 Å². The molecule has 0 radical (unpaired) electrons. The number of rotatable bonds is 6. The smallest absolute Gasteiger partial charge is 0.0296 e. The van der Waals surface area contributed by atoms with E-state index in [2.05, 4.69) is 48.6 Å². The van der Waals surface area contributed by atoms with E-state index in [-0.39, 0.29) is 0 Å². The molecule has 0 bridgehead atoms. The summed E-state index contributed by atoms with van der Waals surface area (Å²) < 4.78 is 0. The van der Waals surface area contributed by atoms with E-state index in [0.717, 1.165) is 13.1 Å². The van der Waals surface area contributed by atoms with Gasteiger partial charge in [0.15, 0.2) is 0 Å². The molecule has 0 aromatic carbocycles. The molecule has 0 unspecified atom stereocenters. The minimum atomic E-state index is 1.01. The molecule has 82 valence electrons. The first-order chi connectivity index (χ1) is 6.61. The zero-order valence-corrected chi connectivity index (χ0v) is 10.0. The van der Waals surface area contributed by atoms with E-state index in [0.29, 0.717) is 0 Å². The summed E-state index contributed by atoms with van der Waals surface area (Å²) in [5, 5.41) is 6.22. The lowest BCUT2D eigenvalue weighted by Crippen LogP contribution is -2.25. The summed E-state index contributed by atoms with van der Waals surface area (Å²) in [5.41, 5.74) is 2.45. The lowest BCUT2D eigenvalue weighted by atomic mass is 10.3. The highest BCUT2D eigenvalue weighted by Crippen LogP contribution is 2.00. The van der Waals surface area contributed by atoms with Crippen LogP contribution in [0.2, 0.25) is 0 Å². The zero-order chi connectivity index (χ0) is 11.0. The topological polar surface area (TPSA) is 27.3 Å². The van der Waals surface area contributed by atoms with Crippen LogP contribution in [0, 0.1) is 0 Å². The number of likely N-dealkylation sites (N-methyl/N-ethyl adjacent to an activating group) is 2. The van der Waals surface area contributed by atoms with Gasteiger partial charge >= 0.3 is 0 Å². The molecule has 14 heavy (non-hydrogen) atoms. The third kappa shape index (κ3) is 5.65. The number of hydrogen-bond acceptors (Lipinski definition) is 3. The zero-order valence-electron chi connectivity index (χ0n) is 10.0. The van der Waals surface area contributed by atoms with Gasteiger partial charge in [-0.3, -0.25) is 0 Å². The summed E-state index contributed by atoms with van der Waals surface area (Å²) in [7, 11) is 6.00.